The van der Waals surface area contributed by atoms with Crippen LogP contribution in [0.15, 0.2) is 36.4 Å². The fourth-order valence-corrected chi connectivity index (χ4v) is 1.36. The minimum atomic E-state index is -0.731. The lowest BCUT2D eigenvalue weighted by molar-refractivity contribution is 0.0672. The second kappa shape index (κ2) is 10.1. The molecule has 0 radical (unpaired) electrons. The second-order valence-electron chi connectivity index (χ2n) is 3.92. The molecule has 0 unspecified atom stereocenters. The molecule has 120 valence electrons. The Balaban J connectivity index is 2.18. The Morgan fingerprint density at radius 1 is 1.05 bits per heavy atom. The Labute approximate surface area is 128 Å². The largest absolute Gasteiger partial charge is 0.508 e. The molecule has 0 aliphatic carbocycles. The lowest BCUT2D eigenvalue weighted by Crippen LogP contribution is -2.13. The van der Waals surface area contributed by atoms with Gasteiger partial charge in [0.15, 0.2) is 0 Å². The monoisotopic (exact) mass is 309 g/mol. The van der Waals surface area contributed by atoms with E-state index in [1.165, 1.54) is 0 Å². The first kappa shape index (κ1) is 17.4. The van der Waals surface area contributed by atoms with Gasteiger partial charge in [-0.25, -0.2) is 9.59 Å². The molecule has 0 aliphatic heterocycles. The molecule has 1 aromatic carbocycles. The molecule has 1 rings (SSSR count). The van der Waals surface area contributed by atoms with Crippen LogP contribution in [0.25, 0.3) is 0 Å². The molecular weight excluding hydrogens is 290 g/mol. The summed E-state index contributed by atoms with van der Waals surface area (Å²) in [7, 11) is 1.56. The Hall–Kier alpha value is -2.70. The molecular formula is C15H19NO6. The number of benzene rings is 1. The molecule has 0 bridgehead atoms. The van der Waals surface area contributed by atoms with Gasteiger partial charge in [-0.05, 0) is 43.3 Å². The van der Waals surface area contributed by atoms with Crippen LogP contribution in [-0.2, 0) is 14.2 Å². The minimum Gasteiger partial charge on any atom is -0.497 e. The van der Waals surface area contributed by atoms with Crippen LogP contribution in [0.1, 0.15) is 6.92 Å². The molecule has 7 nitrogen and oxygen atoms in total. The molecule has 7 heteroatoms. The summed E-state index contributed by atoms with van der Waals surface area (Å²) in [5.41, 5.74) is 0.598. The highest BCUT2D eigenvalue weighted by Crippen LogP contribution is 2.14. The Morgan fingerprint density at radius 3 is 2.27 bits per heavy atom. The van der Waals surface area contributed by atoms with Crippen LogP contribution >= 0.6 is 0 Å². The van der Waals surface area contributed by atoms with Gasteiger partial charge in [0, 0.05) is 5.69 Å². The average Bonchev–Trinajstić information content (AvgIpc) is 2.51. The second-order valence-corrected chi connectivity index (χ2v) is 3.92. The van der Waals surface area contributed by atoms with E-state index in [4.69, 9.17) is 14.2 Å². The topological polar surface area (TPSA) is 83.1 Å². The maximum absolute atomic E-state index is 11.5. The maximum atomic E-state index is 11.5. The molecule has 0 aromatic heterocycles. The molecule has 0 spiro atoms. The molecule has 1 aromatic rings. The third-order valence-corrected chi connectivity index (χ3v) is 2.37. The summed E-state index contributed by atoms with van der Waals surface area (Å²) >= 11 is 0. The summed E-state index contributed by atoms with van der Waals surface area (Å²) in [6.07, 6.45) is 1.80. The lowest BCUT2D eigenvalue weighted by Gasteiger charge is -2.06. The summed E-state index contributed by atoms with van der Waals surface area (Å²) in [5, 5.41) is 2.56. The van der Waals surface area contributed by atoms with E-state index in [0.717, 1.165) is 0 Å². The minimum absolute atomic E-state index is 0.0578. The molecule has 0 atom stereocenters. The first-order chi connectivity index (χ1) is 10.7. The van der Waals surface area contributed by atoms with Crippen molar-refractivity contribution in [1.29, 1.82) is 0 Å². The zero-order valence-electron chi connectivity index (χ0n) is 12.5. The maximum Gasteiger partial charge on any atom is 0.508 e. The van der Waals surface area contributed by atoms with Crippen LogP contribution in [-0.4, -0.2) is 39.2 Å². The molecule has 0 aliphatic rings. The summed E-state index contributed by atoms with van der Waals surface area (Å²) < 4.78 is 19.2. The number of nitrogens with one attached hydrogen (secondary N) is 1. The van der Waals surface area contributed by atoms with Gasteiger partial charge < -0.3 is 18.9 Å². The highest BCUT2D eigenvalue weighted by atomic mass is 16.7. The van der Waals surface area contributed by atoms with Crippen molar-refractivity contribution in [2.75, 3.05) is 32.2 Å². The number of amides is 1. The molecule has 0 saturated carbocycles. The first-order valence-electron chi connectivity index (χ1n) is 6.68. The van der Waals surface area contributed by atoms with Crippen LogP contribution < -0.4 is 10.1 Å². The smallest absolute Gasteiger partial charge is 0.497 e. The normalized spacial score (nSPS) is 10.1. The average molecular weight is 309 g/mol. The Kier molecular flexibility index (Phi) is 7.96. The van der Waals surface area contributed by atoms with E-state index in [-0.39, 0.29) is 19.8 Å². The fraction of sp³-hybridized carbons (Fsp3) is 0.333. The van der Waals surface area contributed by atoms with Crippen molar-refractivity contribution in [2.45, 2.75) is 6.92 Å². The number of ether oxygens (including phenoxy) is 4. The quantitative estimate of drug-likeness (QED) is 0.616. The van der Waals surface area contributed by atoms with Crippen LogP contribution in [0.4, 0.5) is 15.3 Å². The van der Waals surface area contributed by atoms with E-state index in [2.05, 4.69) is 10.1 Å². The van der Waals surface area contributed by atoms with E-state index in [0.29, 0.717) is 11.4 Å². The van der Waals surface area contributed by atoms with Crippen molar-refractivity contribution < 1.29 is 28.5 Å². The van der Waals surface area contributed by atoms with Gasteiger partial charge in [0.2, 0.25) is 0 Å². The van der Waals surface area contributed by atoms with Crippen LogP contribution in [0, 0.1) is 0 Å². The fourth-order valence-electron chi connectivity index (χ4n) is 1.36. The van der Waals surface area contributed by atoms with E-state index in [1.807, 2.05) is 0 Å². The molecule has 0 saturated heterocycles. The number of hydrogen-bond donors (Lipinski definition) is 1. The van der Waals surface area contributed by atoms with Gasteiger partial charge in [-0.1, -0.05) is 0 Å². The van der Waals surface area contributed by atoms with E-state index < -0.39 is 12.2 Å². The molecule has 0 heterocycles. The van der Waals surface area contributed by atoms with Crippen molar-refractivity contribution >= 4 is 17.9 Å². The predicted octanol–water partition coefficient (Wildman–Crippen LogP) is 2.97. The van der Waals surface area contributed by atoms with Gasteiger partial charge in [-0.3, -0.25) is 5.32 Å². The highest BCUT2D eigenvalue weighted by Gasteiger charge is 2.02. The summed E-state index contributed by atoms with van der Waals surface area (Å²) in [4.78, 5) is 22.3. The lowest BCUT2D eigenvalue weighted by atomic mass is 10.3. The molecule has 1 N–H and O–H groups in total. The van der Waals surface area contributed by atoms with Gasteiger partial charge in [-0.15, -0.1) is 0 Å². The van der Waals surface area contributed by atoms with E-state index in [9.17, 15) is 9.59 Å². The number of carbonyl (C=O) groups is 2. The standard InChI is InChI=1S/C15H19NO6/c1-3-20-15(18)22-11-5-4-10-21-14(17)16-12-6-8-13(19-2)9-7-12/h4-9H,3,10-11H2,1-2H3,(H,16,17)/b5-4-. The molecule has 22 heavy (non-hydrogen) atoms. The number of carbonyl (C=O) groups excluding carboxylic acids is 2. The number of rotatable bonds is 7. The van der Waals surface area contributed by atoms with Crippen LogP contribution in [0.3, 0.4) is 0 Å². The van der Waals surface area contributed by atoms with Gasteiger partial charge in [0.05, 0.1) is 13.7 Å². The number of methoxy groups -OCH3 is 1. The Morgan fingerprint density at radius 2 is 1.68 bits per heavy atom. The van der Waals surface area contributed by atoms with Crippen molar-refractivity contribution in [2.24, 2.45) is 0 Å². The molecule has 1 amide bonds. The van der Waals surface area contributed by atoms with Gasteiger partial charge in [-0.2, -0.15) is 0 Å². The highest BCUT2D eigenvalue weighted by molar-refractivity contribution is 5.84. The van der Waals surface area contributed by atoms with Crippen LogP contribution in [0.2, 0.25) is 0 Å². The van der Waals surface area contributed by atoms with Crippen LogP contribution in [0.5, 0.6) is 5.75 Å². The van der Waals surface area contributed by atoms with Crippen molar-refractivity contribution in [3.63, 3.8) is 0 Å². The van der Waals surface area contributed by atoms with Crippen molar-refractivity contribution in [1.82, 2.24) is 0 Å². The van der Waals surface area contributed by atoms with Crippen molar-refractivity contribution in [3.8, 4) is 5.75 Å². The zero-order chi connectivity index (χ0) is 16.2. The van der Waals surface area contributed by atoms with Gasteiger partial charge in [0.1, 0.15) is 19.0 Å². The zero-order valence-corrected chi connectivity index (χ0v) is 12.5. The third kappa shape index (κ3) is 7.18. The summed E-state index contributed by atoms with van der Waals surface area (Å²) in [6, 6.07) is 6.84. The van der Waals surface area contributed by atoms with Crippen molar-refractivity contribution in [3.05, 3.63) is 36.4 Å². The third-order valence-electron chi connectivity index (χ3n) is 2.37. The first-order valence-corrected chi connectivity index (χ1v) is 6.68. The summed E-state index contributed by atoms with van der Waals surface area (Å²) in [6.45, 7) is 2.07. The SMILES string of the molecule is CCOC(=O)OC/C=C\COC(=O)Nc1ccc(OC)cc1. The molecule has 0 fully saturated rings. The Bertz CT molecular complexity index is 497. The number of anilines is 1. The van der Waals surface area contributed by atoms with Gasteiger partial charge in [0.25, 0.3) is 0 Å². The van der Waals surface area contributed by atoms with E-state index in [1.54, 1.807) is 50.5 Å². The summed E-state index contributed by atoms with van der Waals surface area (Å²) in [5.74, 6) is 0.698. The predicted molar refractivity (Wildman–Crippen MR) is 80.1 cm³/mol. The number of hydrogen-bond acceptors (Lipinski definition) is 6. The van der Waals surface area contributed by atoms with E-state index >= 15 is 0 Å². The van der Waals surface area contributed by atoms with Gasteiger partial charge >= 0.3 is 12.2 Å².